The first kappa shape index (κ1) is 19.9. The third kappa shape index (κ3) is 3.98. The first-order chi connectivity index (χ1) is 14.3. The Hall–Kier alpha value is -3.44. The summed E-state index contributed by atoms with van der Waals surface area (Å²) in [5, 5.41) is 19.6. The smallest absolute Gasteiger partial charge is 0.232 e. The Bertz CT molecular complexity index is 1350. The van der Waals surface area contributed by atoms with E-state index in [1.54, 1.807) is 41.1 Å². The molecular weight excluding hydrogens is 420 g/mol. The van der Waals surface area contributed by atoms with Gasteiger partial charge < -0.3 is 0 Å². The number of primary sulfonamides is 1. The van der Waals surface area contributed by atoms with Crippen LogP contribution in [-0.2, 0) is 10.0 Å². The second-order valence-corrected chi connectivity index (χ2v) is 8.56. The molecule has 0 atom stereocenters. The van der Waals surface area contributed by atoms with Crippen LogP contribution in [0.4, 0.5) is 0 Å². The van der Waals surface area contributed by atoms with E-state index in [-0.39, 0.29) is 4.90 Å². The van der Waals surface area contributed by atoms with Crippen LogP contribution in [0.1, 0.15) is 5.56 Å². The molecule has 148 valence electrons. The molecule has 0 radical (unpaired) electrons. The molecule has 0 spiro atoms. The Morgan fingerprint density at radius 3 is 2.07 bits per heavy atom. The van der Waals surface area contributed by atoms with Crippen molar-refractivity contribution in [1.82, 2.24) is 9.78 Å². The molecular formula is C22H15ClN4O2S. The monoisotopic (exact) mass is 434 g/mol. The molecule has 4 aromatic rings. The number of hydrogen-bond acceptors (Lipinski definition) is 4. The molecule has 0 aliphatic heterocycles. The van der Waals surface area contributed by atoms with Crippen molar-refractivity contribution in [3.05, 3.63) is 89.4 Å². The molecule has 8 heteroatoms. The number of nitriles is 1. The normalized spacial score (nSPS) is 11.2. The summed E-state index contributed by atoms with van der Waals surface area (Å²) in [7, 11) is -3.79. The lowest BCUT2D eigenvalue weighted by Gasteiger charge is -2.08. The number of nitrogens with two attached hydrogens (primary N) is 1. The van der Waals surface area contributed by atoms with Crippen molar-refractivity contribution in [2.45, 2.75) is 4.90 Å². The summed E-state index contributed by atoms with van der Waals surface area (Å²) >= 11 is 6.00. The van der Waals surface area contributed by atoms with Crippen LogP contribution >= 0.6 is 11.6 Å². The van der Waals surface area contributed by atoms with Gasteiger partial charge in [-0.25, -0.2) is 18.2 Å². The summed E-state index contributed by atoms with van der Waals surface area (Å²) in [5.41, 5.74) is 4.48. The largest absolute Gasteiger partial charge is 0.238 e. The van der Waals surface area contributed by atoms with Crippen molar-refractivity contribution < 1.29 is 8.42 Å². The summed E-state index contributed by atoms with van der Waals surface area (Å²) < 4.78 is 24.8. The van der Waals surface area contributed by atoms with E-state index in [0.717, 1.165) is 22.5 Å². The molecule has 0 bridgehead atoms. The third-order valence-electron chi connectivity index (χ3n) is 4.57. The predicted molar refractivity (Wildman–Crippen MR) is 116 cm³/mol. The molecule has 0 unspecified atom stereocenters. The van der Waals surface area contributed by atoms with Gasteiger partial charge in [-0.15, -0.1) is 0 Å². The Labute approximate surface area is 178 Å². The van der Waals surface area contributed by atoms with E-state index in [9.17, 15) is 8.42 Å². The van der Waals surface area contributed by atoms with Gasteiger partial charge in [0.1, 0.15) is 0 Å². The summed E-state index contributed by atoms with van der Waals surface area (Å²) in [6.45, 7) is 0. The minimum Gasteiger partial charge on any atom is -0.232 e. The van der Waals surface area contributed by atoms with Crippen LogP contribution in [0.3, 0.4) is 0 Å². The van der Waals surface area contributed by atoms with E-state index in [1.165, 1.54) is 12.1 Å². The first-order valence-corrected chi connectivity index (χ1v) is 10.8. The van der Waals surface area contributed by atoms with Gasteiger partial charge in [-0.1, -0.05) is 35.9 Å². The number of halogens is 1. The lowest BCUT2D eigenvalue weighted by atomic mass is 10.1. The minimum absolute atomic E-state index is 0.0243. The van der Waals surface area contributed by atoms with Crippen LogP contribution in [0.15, 0.2) is 83.8 Å². The SMILES string of the molecule is N#Cc1ccc(-c2cc(-c3ccc(Cl)cc3)nn2-c2ccc(S(N)(=O)=O)cc2)cc1. The highest BCUT2D eigenvalue weighted by atomic mass is 35.5. The molecule has 1 aromatic heterocycles. The van der Waals surface area contributed by atoms with Crippen LogP contribution in [-0.4, -0.2) is 18.2 Å². The fraction of sp³-hybridized carbons (Fsp3) is 0. The topological polar surface area (TPSA) is 102 Å². The van der Waals surface area contributed by atoms with Gasteiger partial charge in [-0.2, -0.15) is 10.4 Å². The Kier molecular flexibility index (Phi) is 5.14. The third-order valence-corrected chi connectivity index (χ3v) is 5.75. The number of sulfonamides is 1. The van der Waals surface area contributed by atoms with E-state index >= 15 is 0 Å². The molecule has 0 saturated carbocycles. The van der Waals surface area contributed by atoms with E-state index in [4.69, 9.17) is 27.1 Å². The maximum absolute atomic E-state index is 11.6. The summed E-state index contributed by atoms with van der Waals surface area (Å²) in [6.07, 6.45) is 0. The average Bonchev–Trinajstić information content (AvgIpc) is 3.19. The number of nitrogens with zero attached hydrogens (tertiary/aromatic N) is 3. The molecule has 0 aliphatic carbocycles. The van der Waals surface area contributed by atoms with Crippen molar-refractivity contribution in [3.63, 3.8) is 0 Å². The molecule has 0 fully saturated rings. The van der Waals surface area contributed by atoms with E-state index in [1.807, 2.05) is 30.3 Å². The number of aromatic nitrogens is 2. The average molecular weight is 435 g/mol. The van der Waals surface area contributed by atoms with Gasteiger partial charge in [0.2, 0.25) is 10.0 Å². The van der Waals surface area contributed by atoms with Gasteiger partial charge in [-0.05, 0) is 54.6 Å². The standard InChI is InChI=1S/C22H15ClN4O2S/c23-18-7-5-16(6-8-18)21-13-22(17-3-1-15(14-24)2-4-17)27(26-21)19-9-11-20(12-10-19)30(25,28)29/h1-13H,(H2,25,28,29). The molecule has 0 aliphatic rings. The highest BCUT2D eigenvalue weighted by molar-refractivity contribution is 7.89. The Morgan fingerprint density at radius 1 is 0.900 bits per heavy atom. The van der Waals surface area contributed by atoms with Gasteiger partial charge in [0, 0.05) is 16.1 Å². The zero-order valence-electron chi connectivity index (χ0n) is 15.5. The molecule has 6 nitrogen and oxygen atoms in total. The van der Waals surface area contributed by atoms with Crippen molar-refractivity contribution >= 4 is 21.6 Å². The van der Waals surface area contributed by atoms with E-state index in [2.05, 4.69) is 6.07 Å². The molecule has 0 saturated heterocycles. The summed E-state index contributed by atoms with van der Waals surface area (Å²) in [5.74, 6) is 0. The zero-order valence-corrected chi connectivity index (χ0v) is 17.1. The maximum atomic E-state index is 11.6. The lowest BCUT2D eigenvalue weighted by molar-refractivity contribution is 0.598. The van der Waals surface area contributed by atoms with E-state index in [0.29, 0.717) is 16.3 Å². The molecule has 1 heterocycles. The molecule has 4 rings (SSSR count). The number of benzene rings is 3. The summed E-state index contributed by atoms with van der Waals surface area (Å²) in [4.78, 5) is 0.0243. The number of hydrogen-bond donors (Lipinski definition) is 1. The fourth-order valence-electron chi connectivity index (χ4n) is 3.04. The van der Waals surface area contributed by atoms with Crippen LogP contribution in [0, 0.1) is 11.3 Å². The molecule has 3 aromatic carbocycles. The van der Waals surface area contributed by atoms with E-state index < -0.39 is 10.0 Å². The van der Waals surface area contributed by atoms with Gasteiger partial charge in [0.25, 0.3) is 0 Å². The maximum Gasteiger partial charge on any atom is 0.238 e. The Balaban J connectivity index is 1.86. The summed E-state index contributed by atoms with van der Waals surface area (Å²) in [6, 6.07) is 24.7. The van der Waals surface area contributed by atoms with Gasteiger partial charge in [0.05, 0.1) is 33.6 Å². The molecule has 2 N–H and O–H groups in total. The minimum atomic E-state index is -3.79. The highest BCUT2D eigenvalue weighted by Crippen LogP contribution is 2.30. The van der Waals surface area contributed by atoms with Gasteiger partial charge in [0.15, 0.2) is 0 Å². The first-order valence-electron chi connectivity index (χ1n) is 8.85. The quantitative estimate of drug-likeness (QED) is 0.514. The fourth-order valence-corrected chi connectivity index (χ4v) is 3.68. The van der Waals surface area contributed by atoms with Crippen molar-refractivity contribution in [3.8, 4) is 34.3 Å². The van der Waals surface area contributed by atoms with Crippen molar-refractivity contribution in [2.24, 2.45) is 5.14 Å². The van der Waals surface area contributed by atoms with Crippen molar-refractivity contribution in [2.75, 3.05) is 0 Å². The zero-order chi connectivity index (χ0) is 21.3. The Morgan fingerprint density at radius 2 is 1.50 bits per heavy atom. The molecule has 0 amide bonds. The highest BCUT2D eigenvalue weighted by Gasteiger charge is 2.15. The van der Waals surface area contributed by atoms with Gasteiger partial charge in [-0.3, -0.25) is 0 Å². The van der Waals surface area contributed by atoms with Crippen LogP contribution in [0.25, 0.3) is 28.2 Å². The second-order valence-electron chi connectivity index (χ2n) is 6.56. The van der Waals surface area contributed by atoms with Crippen LogP contribution in [0.2, 0.25) is 5.02 Å². The van der Waals surface area contributed by atoms with Gasteiger partial charge >= 0.3 is 0 Å². The lowest BCUT2D eigenvalue weighted by Crippen LogP contribution is -2.12. The van der Waals surface area contributed by atoms with Crippen LogP contribution in [0.5, 0.6) is 0 Å². The van der Waals surface area contributed by atoms with Crippen molar-refractivity contribution in [1.29, 1.82) is 5.26 Å². The van der Waals surface area contributed by atoms with Crippen LogP contribution < -0.4 is 5.14 Å². The number of rotatable bonds is 4. The second kappa shape index (κ2) is 7.76. The molecule has 30 heavy (non-hydrogen) atoms. The predicted octanol–water partition coefficient (Wildman–Crippen LogP) is 4.38.